The monoisotopic (exact) mass is 276 g/mol. The van der Waals surface area contributed by atoms with Gasteiger partial charge in [-0.15, -0.1) is 0 Å². The van der Waals surface area contributed by atoms with E-state index in [9.17, 15) is 0 Å². The van der Waals surface area contributed by atoms with Crippen LogP contribution in [-0.4, -0.2) is 42.3 Å². The summed E-state index contributed by atoms with van der Waals surface area (Å²) in [5.41, 5.74) is 2.41. The summed E-state index contributed by atoms with van der Waals surface area (Å²) < 4.78 is 0. The maximum Gasteiger partial charge on any atom is 0.0471 e. The van der Waals surface area contributed by atoms with Crippen molar-refractivity contribution < 1.29 is 5.11 Å². The molecule has 112 valence electrons. The summed E-state index contributed by atoms with van der Waals surface area (Å²) in [7, 11) is 0. The third-order valence-corrected chi connectivity index (χ3v) is 4.09. The van der Waals surface area contributed by atoms with Gasteiger partial charge in [0.25, 0.3) is 0 Å². The normalized spacial score (nSPS) is 20.6. The maximum atomic E-state index is 8.93. The molecular weight excluding hydrogens is 248 g/mol. The van der Waals surface area contributed by atoms with E-state index in [-0.39, 0.29) is 6.61 Å². The molecule has 1 saturated heterocycles. The van der Waals surface area contributed by atoms with Crippen molar-refractivity contribution in [2.45, 2.75) is 45.1 Å². The first-order chi connectivity index (χ1) is 9.81. The molecule has 0 aliphatic carbocycles. The molecule has 0 spiro atoms. The van der Waals surface area contributed by atoms with E-state index >= 15 is 0 Å². The minimum absolute atomic E-state index is 0.225. The zero-order valence-corrected chi connectivity index (χ0v) is 12.6. The molecule has 3 heteroatoms. The molecule has 0 amide bonds. The van der Waals surface area contributed by atoms with Crippen LogP contribution in [0.15, 0.2) is 24.3 Å². The second kappa shape index (κ2) is 8.28. The first-order valence-corrected chi connectivity index (χ1v) is 8.00. The van der Waals surface area contributed by atoms with E-state index in [2.05, 4.69) is 41.4 Å². The van der Waals surface area contributed by atoms with E-state index in [1.807, 2.05) is 0 Å². The Kier molecular flexibility index (Phi) is 6.34. The molecule has 3 nitrogen and oxygen atoms in total. The lowest BCUT2D eigenvalue weighted by molar-refractivity contribution is 0.285. The number of nitrogens with one attached hydrogen (secondary N) is 1. The van der Waals surface area contributed by atoms with Crippen LogP contribution >= 0.6 is 0 Å². The van der Waals surface area contributed by atoms with Crippen LogP contribution in [0.4, 0.5) is 5.69 Å². The van der Waals surface area contributed by atoms with E-state index in [4.69, 9.17) is 5.11 Å². The number of aliphatic hydroxyl groups is 1. The lowest BCUT2D eigenvalue weighted by atomic mass is 10.1. The highest BCUT2D eigenvalue weighted by Gasteiger charge is 2.16. The molecule has 0 bridgehead atoms. The number of rotatable bonds is 6. The van der Waals surface area contributed by atoms with Gasteiger partial charge in [-0.25, -0.2) is 0 Å². The number of anilines is 1. The summed E-state index contributed by atoms with van der Waals surface area (Å²) in [6.45, 7) is 6.19. The van der Waals surface area contributed by atoms with Gasteiger partial charge in [0, 0.05) is 24.9 Å². The van der Waals surface area contributed by atoms with Crippen molar-refractivity contribution in [1.29, 1.82) is 0 Å². The second-order valence-electron chi connectivity index (χ2n) is 5.78. The Morgan fingerprint density at radius 1 is 1.20 bits per heavy atom. The standard InChI is InChI=1S/C17H28N2O/c1-2-11-19-12-3-4-16(9-13-19)18-17-7-5-15(6-8-17)10-14-20/h5-8,16,18,20H,2-4,9-14H2,1H3. The fourth-order valence-corrected chi connectivity index (χ4v) is 2.97. The van der Waals surface area contributed by atoms with Gasteiger partial charge < -0.3 is 15.3 Å². The van der Waals surface area contributed by atoms with Gasteiger partial charge in [-0.1, -0.05) is 19.1 Å². The molecule has 0 radical (unpaired) electrons. The molecule has 1 aliphatic heterocycles. The van der Waals surface area contributed by atoms with Crippen LogP contribution in [0.2, 0.25) is 0 Å². The van der Waals surface area contributed by atoms with E-state index in [0.717, 1.165) is 6.42 Å². The Hall–Kier alpha value is -1.06. The zero-order chi connectivity index (χ0) is 14.2. The summed E-state index contributed by atoms with van der Waals surface area (Å²) in [5, 5.41) is 12.6. The topological polar surface area (TPSA) is 35.5 Å². The fraction of sp³-hybridized carbons (Fsp3) is 0.647. The Morgan fingerprint density at radius 3 is 2.70 bits per heavy atom. The Balaban J connectivity index is 1.83. The third-order valence-electron chi connectivity index (χ3n) is 4.09. The van der Waals surface area contributed by atoms with Crippen molar-refractivity contribution >= 4 is 5.69 Å². The highest BCUT2D eigenvalue weighted by Crippen LogP contribution is 2.17. The molecule has 2 N–H and O–H groups in total. The van der Waals surface area contributed by atoms with E-state index in [1.54, 1.807) is 0 Å². The Labute approximate surface area is 123 Å². The van der Waals surface area contributed by atoms with Gasteiger partial charge in [0.05, 0.1) is 0 Å². The fourth-order valence-electron chi connectivity index (χ4n) is 2.97. The predicted octanol–water partition coefficient (Wildman–Crippen LogP) is 2.90. The lowest BCUT2D eigenvalue weighted by Crippen LogP contribution is -2.27. The third kappa shape index (κ3) is 4.80. The van der Waals surface area contributed by atoms with E-state index in [1.165, 1.54) is 56.6 Å². The Bertz CT molecular complexity index is 377. The summed E-state index contributed by atoms with van der Waals surface area (Å²) in [6, 6.07) is 9.09. The average molecular weight is 276 g/mol. The number of aliphatic hydroxyl groups excluding tert-OH is 1. The molecule has 0 aromatic heterocycles. The molecule has 1 unspecified atom stereocenters. The minimum atomic E-state index is 0.225. The minimum Gasteiger partial charge on any atom is -0.396 e. The maximum absolute atomic E-state index is 8.93. The second-order valence-corrected chi connectivity index (χ2v) is 5.78. The van der Waals surface area contributed by atoms with Crippen LogP contribution in [0.5, 0.6) is 0 Å². The van der Waals surface area contributed by atoms with Gasteiger partial charge in [0.1, 0.15) is 0 Å². The summed E-state index contributed by atoms with van der Waals surface area (Å²) in [5.74, 6) is 0. The van der Waals surface area contributed by atoms with Gasteiger partial charge in [-0.05, 0) is 62.9 Å². The number of hydrogen-bond acceptors (Lipinski definition) is 3. The van der Waals surface area contributed by atoms with Crippen molar-refractivity contribution in [3.05, 3.63) is 29.8 Å². The quantitative estimate of drug-likeness (QED) is 0.838. The highest BCUT2D eigenvalue weighted by molar-refractivity contribution is 5.45. The zero-order valence-electron chi connectivity index (χ0n) is 12.6. The molecular formula is C17H28N2O. The molecule has 1 fully saturated rings. The van der Waals surface area contributed by atoms with Gasteiger partial charge >= 0.3 is 0 Å². The van der Waals surface area contributed by atoms with Gasteiger partial charge in [0.15, 0.2) is 0 Å². The SMILES string of the molecule is CCCN1CCCC(Nc2ccc(CCO)cc2)CC1. The molecule has 1 aromatic carbocycles. The lowest BCUT2D eigenvalue weighted by Gasteiger charge is -2.20. The highest BCUT2D eigenvalue weighted by atomic mass is 16.2. The number of nitrogens with zero attached hydrogens (tertiary/aromatic N) is 1. The predicted molar refractivity (Wildman–Crippen MR) is 85.2 cm³/mol. The van der Waals surface area contributed by atoms with Crippen molar-refractivity contribution in [3.63, 3.8) is 0 Å². The van der Waals surface area contributed by atoms with Crippen molar-refractivity contribution in [1.82, 2.24) is 4.90 Å². The molecule has 0 saturated carbocycles. The van der Waals surface area contributed by atoms with Crippen LogP contribution in [0, 0.1) is 0 Å². The van der Waals surface area contributed by atoms with Gasteiger partial charge in [-0.3, -0.25) is 0 Å². The van der Waals surface area contributed by atoms with Crippen LogP contribution in [0.3, 0.4) is 0 Å². The average Bonchev–Trinajstić information content (AvgIpc) is 2.68. The molecule has 1 heterocycles. The summed E-state index contributed by atoms with van der Waals surface area (Å²) >= 11 is 0. The molecule has 1 aromatic rings. The van der Waals surface area contributed by atoms with Crippen molar-refractivity contribution in [2.75, 3.05) is 31.6 Å². The van der Waals surface area contributed by atoms with Gasteiger partial charge in [0.2, 0.25) is 0 Å². The van der Waals surface area contributed by atoms with Crippen LogP contribution in [0.25, 0.3) is 0 Å². The van der Waals surface area contributed by atoms with Crippen LogP contribution < -0.4 is 5.32 Å². The molecule has 20 heavy (non-hydrogen) atoms. The smallest absolute Gasteiger partial charge is 0.0471 e. The van der Waals surface area contributed by atoms with Crippen LogP contribution in [0.1, 0.15) is 38.2 Å². The largest absolute Gasteiger partial charge is 0.396 e. The van der Waals surface area contributed by atoms with Crippen LogP contribution in [-0.2, 0) is 6.42 Å². The van der Waals surface area contributed by atoms with Crippen molar-refractivity contribution in [2.24, 2.45) is 0 Å². The molecule has 2 rings (SSSR count). The first kappa shape index (κ1) is 15.3. The first-order valence-electron chi connectivity index (χ1n) is 8.00. The van der Waals surface area contributed by atoms with E-state index < -0.39 is 0 Å². The van der Waals surface area contributed by atoms with Gasteiger partial charge in [-0.2, -0.15) is 0 Å². The molecule has 1 aliphatic rings. The summed E-state index contributed by atoms with van der Waals surface area (Å²) in [6.07, 6.45) is 5.79. The summed E-state index contributed by atoms with van der Waals surface area (Å²) in [4.78, 5) is 2.59. The van der Waals surface area contributed by atoms with E-state index in [0.29, 0.717) is 6.04 Å². The Morgan fingerprint density at radius 2 is 2.00 bits per heavy atom. The number of hydrogen-bond donors (Lipinski definition) is 2. The molecule has 1 atom stereocenters. The van der Waals surface area contributed by atoms with Crippen molar-refractivity contribution in [3.8, 4) is 0 Å². The number of benzene rings is 1. The number of likely N-dealkylation sites (tertiary alicyclic amines) is 1.